The van der Waals surface area contributed by atoms with E-state index in [9.17, 15) is 18.0 Å². The SMILES string of the molecule is CC(C)CNC(=O)NC(=O)CN1CCc2cc(S(N)(=O)=O)ccc21. The zero-order valence-corrected chi connectivity index (χ0v) is 14.5. The van der Waals surface area contributed by atoms with E-state index in [0.717, 1.165) is 11.3 Å². The molecule has 9 heteroatoms. The molecule has 2 rings (SSSR count). The third kappa shape index (κ3) is 4.68. The Balaban J connectivity index is 1.97. The Hall–Kier alpha value is -2.13. The van der Waals surface area contributed by atoms with Crippen molar-refractivity contribution in [2.45, 2.75) is 25.2 Å². The summed E-state index contributed by atoms with van der Waals surface area (Å²) in [7, 11) is -3.74. The average Bonchev–Trinajstić information content (AvgIpc) is 2.86. The number of carbonyl (C=O) groups is 2. The van der Waals surface area contributed by atoms with Crippen LogP contribution in [0.2, 0.25) is 0 Å². The topological polar surface area (TPSA) is 122 Å². The van der Waals surface area contributed by atoms with E-state index >= 15 is 0 Å². The molecule has 132 valence electrons. The Morgan fingerprint density at radius 1 is 1.33 bits per heavy atom. The maximum atomic E-state index is 12.0. The van der Waals surface area contributed by atoms with Crippen molar-refractivity contribution in [1.82, 2.24) is 10.6 Å². The highest BCUT2D eigenvalue weighted by Gasteiger charge is 2.23. The lowest BCUT2D eigenvalue weighted by atomic mass is 10.2. The molecule has 0 unspecified atom stereocenters. The van der Waals surface area contributed by atoms with Crippen LogP contribution < -0.4 is 20.7 Å². The van der Waals surface area contributed by atoms with E-state index in [1.165, 1.54) is 12.1 Å². The third-order valence-corrected chi connectivity index (χ3v) is 4.54. The van der Waals surface area contributed by atoms with Crippen molar-refractivity contribution in [3.05, 3.63) is 23.8 Å². The number of carbonyl (C=O) groups excluding carboxylic acids is 2. The third-order valence-electron chi connectivity index (χ3n) is 3.63. The summed E-state index contributed by atoms with van der Waals surface area (Å²) in [5.74, 6) is -0.121. The van der Waals surface area contributed by atoms with Crippen molar-refractivity contribution in [3.63, 3.8) is 0 Å². The van der Waals surface area contributed by atoms with E-state index in [0.29, 0.717) is 25.4 Å². The molecule has 24 heavy (non-hydrogen) atoms. The molecule has 1 aliphatic rings. The molecule has 4 N–H and O–H groups in total. The van der Waals surface area contributed by atoms with E-state index < -0.39 is 22.0 Å². The first-order valence-electron chi connectivity index (χ1n) is 7.65. The van der Waals surface area contributed by atoms with Gasteiger partial charge in [-0.05, 0) is 36.1 Å². The lowest BCUT2D eigenvalue weighted by molar-refractivity contribution is -0.118. The minimum Gasteiger partial charge on any atom is -0.362 e. The standard InChI is InChI=1S/C15H22N4O4S/c1-10(2)8-17-15(21)18-14(20)9-19-6-5-11-7-12(24(16,22)23)3-4-13(11)19/h3-4,7,10H,5-6,8-9H2,1-2H3,(H2,16,22,23)(H2,17,18,20,21). The molecule has 0 saturated heterocycles. The molecule has 0 bridgehead atoms. The Bertz CT molecular complexity index is 746. The maximum Gasteiger partial charge on any atom is 0.321 e. The Kier molecular flexibility index (Phi) is 5.45. The van der Waals surface area contributed by atoms with E-state index in [1.54, 1.807) is 11.0 Å². The molecule has 0 fully saturated rings. The highest BCUT2D eigenvalue weighted by Crippen LogP contribution is 2.29. The number of nitrogens with zero attached hydrogens (tertiary/aromatic N) is 1. The molecule has 8 nitrogen and oxygen atoms in total. The van der Waals surface area contributed by atoms with Gasteiger partial charge in [0.25, 0.3) is 0 Å². The van der Waals surface area contributed by atoms with Crippen LogP contribution in [0.25, 0.3) is 0 Å². The Morgan fingerprint density at radius 2 is 2.04 bits per heavy atom. The zero-order valence-electron chi connectivity index (χ0n) is 13.7. The molecule has 3 amide bonds. The van der Waals surface area contributed by atoms with Crippen LogP contribution >= 0.6 is 0 Å². The van der Waals surface area contributed by atoms with Gasteiger partial charge in [-0.3, -0.25) is 10.1 Å². The molecule has 0 radical (unpaired) electrons. The Morgan fingerprint density at radius 3 is 2.67 bits per heavy atom. The molecule has 1 heterocycles. The van der Waals surface area contributed by atoms with Gasteiger partial charge < -0.3 is 10.2 Å². The van der Waals surface area contributed by atoms with Crippen molar-refractivity contribution in [1.29, 1.82) is 0 Å². The van der Waals surface area contributed by atoms with Crippen LogP contribution in [-0.2, 0) is 21.2 Å². The second-order valence-electron chi connectivity index (χ2n) is 6.16. The minimum absolute atomic E-state index is 0.0246. The van der Waals surface area contributed by atoms with Crippen molar-refractivity contribution in [2.24, 2.45) is 11.1 Å². The predicted molar refractivity (Wildman–Crippen MR) is 90.1 cm³/mol. The van der Waals surface area contributed by atoms with Crippen LogP contribution in [0.3, 0.4) is 0 Å². The molecule has 1 aromatic rings. The molecule has 1 aromatic carbocycles. The van der Waals surface area contributed by atoms with Gasteiger partial charge >= 0.3 is 6.03 Å². The van der Waals surface area contributed by atoms with Gasteiger partial charge in [-0.15, -0.1) is 0 Å². The van der Waals surface area contributed by atoms with Gasteiger partial charge in [0.15, 0.2) is 0 Å². The van der Waals surface area contributed by atoms with Gasteiger partial charge in [-0.1, -0.05) is 13.8 Å². The number of fused-ring (bicyclic) bond motifs is 1. The summed E-state index contributed by atoms with van der Waals surface area (Å²) in [5, 5.41) is 10.0. The van der Waals surface area contributed by atoms with Crippen LogP contribution in [0.5, 0.6) is 0 Å². The fourth-order valence-corrected chi connectivity index (χ4v) is 3.03. The number of hydrogen-bond donors (Lipinski definition) is 3. The number of benzene rings is 1. The van der Waals surface area contributed by atoms with Crippen molar-refractivity contribution in [3.8, 4) is 0 Å². The van der Waals surface area contributed by atoms with E-state index in [1.807, 2.05) is 13.8 Å². The number of nitrogens with one attached hydrogen (secondary N) is 2. The normalized spacial score (nSPS) is 13.8. The van der Waals surface area contributed by atoms with Gasteiger partial charge in [0.1, 0.15) is 0 Å². The molecule has 0 saturated carbocycles. The van der Waals surface area contributed by atoms with Crippen molar-refractivity contribution >= 4 is 27.6 Å². The number of hydrogen-bond acceptors (Lipinski definition) is 5. The van der Waals surface area contributed by atoms with Crippen LogP contribution in [0.15, 0.2) is 23.1 Å². The molecule has 1 aliphatic heterocycles. The monoisotopic (exact) mass is 354 g/mol. The van der Waals surface area contributed by atoms with Crippen LogP contribution in [0.1, 0.15) is 19.4 Å². The van der Waals surface area contributed by atoms with Gasteiger partial charge in [0, 0.05) is 18.8 Å². The first-order valence-corrected chi connectivity index (χ1v) is 9.20. The second-order valence-corrected chi connectivity index (χ2v) is 7.72. The predicted octanol–water partition coefficient (Wildman–Crippen LogP) is 0.178. The summed E-state index contributed by atoms with van der Waals surface area (Å²) >= 11 is 0. The molecular weight excluding hydrogens is 332 g/mol. The highest BCUT2D eigenvalue weighted by atomic mass is 32.2. The molecular formula is C15H22N4O4S. The van der Waals surface area contributed by atoms with Crippen LogP contribution in [0.4, 0.5) is 10.5 Å². The van der Waals surface area contributed by atoms with E-state index in [2.05, 4.69) is 10.6 Å². The highest BCUT2D eigenvalue weighted by molar-refractivity contribution is 7.89. The number of sulfonamides is 1. The zero-order chi connectivity index (χ0) is 17.9. The van der Waals surface area contributed by atoms with Crippen LogP contribution in [0, 0.1) is 5.92 Å². The number of primary sulfonamides is 1. The molecule has 0 aromatic heterocycles. The first-order chi connectivity index (χ1) is 11.2. The average molecular weight is 354 g/mol. The van der Waals surface area contributed by atoms with E-state index in [4.69, 9.17) is 5.14 Å². The lowest BCUT2D eigenvalue weighted by Crippen LogP contribution is -2.45. The summed E-state index contributed by atoms with van der Waals surface area (Å²) in [6.07, 6.45) is 0.617. The number of urea groups is 1. The number of rotatable bonds is 5. The summed E-state index contributed by atoms with van der Waals surface area (Å²) < 4.78 is 22.8. The first kappa shape index (κ1) is 18.2. The largest absolute Gasteiger partial charge is 0.362 e. The number of imide groups is 1. The number of nitrogens with two attached hydrogens (primary N) is 1. The van der Waals surface area contributed by atoms with Crippen molar-refractivity contribution < 1.29 is 18.0 Å². The fraction of sp³-hybridized carbons (Fsp3) is 0.467. The quantitative estimate of drug-likeness (QED) is 0.696. The van der Waals surface area contributed by atoms with Gasteiger partial charge in [0.2, 0.25) is 15.9 Å². The number of anilines is 1. The van der Waals surface area contributed by atoms with E-state index in [-0.39, 0.29) is 11.4 Å². The Labute approximate surface area is 141 Å². The van der Waals surface area contributed by atoms with Gasteiger partial charge in [0.05, 0.1) is 11.4 Å². The van der Waals surface area contributed by atoms with Crippen molar-refractivity contribution in [2.75, 3.05) is 24.5 Å². The summed E-state index contributed by atoms with van der Waals surface area (Å²) in [5.41, 5.74) is 1.60. The van der Waals surface area contributed by atoms with Gasteiger partial charge in [-0.25, -0.2) is 18.4 Å². The van der Waals surface area contributed by atoms with Crippen LogP contribution in [-0.4, -0.2) is 40.0 Å². The summed E-state index contributed by atoms with van der Waals surface area (Å²) in [4.78, 5) is 25.4. The smallest absolute Gasteiger partial charge is 0.321 e. The minimum atomic E-state index is -3.74. The second kappa shape index (κ2) is 7.18. The molecule has 0 aliphatic carbocycles. The number of amides is 3. The maximum absolute atomic E-state index is 12.0. The fourth-order valence-electron chi connectivity index (χ4n) is 2.47. The summed E-state index contributed by atoms with van der Waals surface area (Å²) in [6.45, 7) is 5.00. The lowest BCUT2D eigenvalue weighted by Gasteiger charge is -2.19. The summed E-state index contributed by atoms with van der Waals surface area (Å²) in [6, 6.07) is 4.06. The van der Waals surface area contributed by atoms with Gasteiger partial charge in [-0.2, -0.15) is 0 Å². The molecule has 0 spiro atoms. The molecule has 0 atom stereocenters.